The molecule has 0 saturated heterocycles. The van der Waals surface area contributed by atoms with Gasteiger partial charge in [-0.05, 0) is 191 Å². The zero-order valence-corrected chi connectivity index (χ0v) is 26.1. The number of anilines is 2. The quantitative estimate of drug-likeness (QED) is 0.199. The van der Waals surface area contributed by atoms with Crippen molar-refractivity contribution >= 4 is 38.5 Å². The third-order valence-electron chi connectivity index (χ3n) is 15.1. The Kier molecular flexibility index (Phi) is 4.24. The van der Waals surface area contributed by atoms with Crippen LogP contribution in [0.2, 0.25) is 0 Å². The van der Waals surface area contributed by atoms with E-state index < -0.39 is 0 Å². The zero-order valence-electron chi connectivity index (χ0n) is 26.1. The van der Waals surface area contributed by atoms with Gasteiger partial charge < -0.3 is 4.90 Å². The normalized spacial score (nSPS) is 38.2. The molecule has 11 aliphatic rings. The van der Waals surface area contributed by atoms with Crippen molar-refractivity contribution < 1.29 is 0 Å². The number of allylic oxidation sites excluding steroid dienone is 2. The number of nitrogens with zero attached hydrogens (tertiary/aromatic N) is 1. The summed E-state index contributed by atoms with van der Waals surface area (Å²) in [5.41, 5.74) is 14.4. The van der Waals surface area contributed by atoms with Crippen molar-refractivity contribution in [2.24, 2.45) is 23.7 Å². The summed E-state index contributed by atoms with van der Waals surface area (Å²) in [4.78, 5) is 2.77. The fraction of sp³-hybridized carbons (Fsp3) is 0.455. The molecule has 15 rings (SSSR count). The molecular formula is C44H41N. The van der Waals surface area contributed by atoms with Gasteiger partial charge >= 0.3 is 0 Å². The van der Waals surface area contributed by atoms with Crippen molar-refractivity contribution in [2.75, 3.05) is 4.90 Å². The minimum Gasteiger partial charge on any atom is -0.332 e. The standard InChI is InChI=1S/C44H41N/c1-2-34-40-18-26-14-36-30-6-22-4-23(7-30)11-32(10-22)38(36)16-28(26)20-42(40)45-43-21-29-17-39-33-12-24-5-25(13-33)9-31(8-24)37(39)15-27(29)19-41(43)35(3-1)44(34)45/h1-3,14-25,30-34,44H,4-13H2. The third kappa shape index (κ3) is 2.99. The zero-order chi connectivity index (χ0) is 28.7. The summed E-state index contributed by atoms with van der Waals surface area (Å²) in [5, 5.41) is 5.92. The number of hydrogen-bond acceptors (Lipinski definition) is 1. The Morgan fingerprint density at radius 2 is 0.889 bits per heavy atom. The average Bonchev–Trinajstić information content (AvgIpc) is 3.41. The molecule has 0 spiro atoms. The molecule has 222 valence electrons. The van der Waals surface area contributed by atoms with Crippen molar-refractivity contribution in [3.05, 3.63) is 100 Å². The molecular weight excluding hydrogens is 542 g/mol. The fourth-order valence-corrected chi connectivity index (χ4v) is 13.7. The predicted molar refractivity (Wildman–Crippen MR) is 185 cm³/mol. The van der Waals surface area contributed by atoms with Crippen LogP contribution in [0.3, 0.4) is 0 Å². The second-order valence-electron chi connectivity index (χ2n) is 17.4. The third-order valence-corrected chi connectivity index (χ3v) is 15.1. The van der Waals surface area contributed by atoms with E-state index in [1.54, 1.807) is 33.4 Å². The van der Waals surface area contributed by atoms with Crippen LogP contribution in [0, 0.1) is 23.7 Å². The van der Waals surface area contributed by atoms with Crippen LogP contribution in [0.5, 0.6) is 0 Å². The molecule has 2 aliphatic heterocycles. The van der Waals surface area contributed by atoms with Gasteiger partial charge in [0.15, 0.2) is 0 Å². The first-order valence-corrected chi connectivity index (χ1v) is 18.6. The molecule has 0 radical (unpaired) electrons. The first-order valence-electron chi connectivity index (χ1n) is 18.6. The largest absolute Gasteiger partial charge is 0.332 e. The summed E-state index contributed by atoms with van der Waals surface area (Å²) in [6, 6.07) is 21.5. The molecule has 2 heterocycles. The second kappa shape index (κ2) is 7.96. The van der Waals surface area contributed by atoms with E-state index in [1.807, 2.05) is 0 Å². The molecule has 9 aliphatic carbocycles. The summed E-state index contributed by atoms with van der Waals surface area (Å²) in [7, 11) is 0. The molecule has 1 heteroatoms. The minimum atomic E-state index is 0.405. The molecule has 4 saturated carbocycles. The van der Waals surface area contributed by atoms with Crippen molar-refractivity contribution in [1.82, 2.24) is 0 Å². The Bertz CT molecular complexity index is 2080. The molecule has 1 nitrogen and oxygen atoms in total. The molecule has 4 aromatic rings. The smallest absolute Gasteiger partial charge is 0.0702 e. The number of fused-ring (bicyclic) bond motifs is 8. The van der Waals surface area contributed by atoms with Crippen LogP contribution < -0.4 is 4.90 Å². The topological polar surface area (TPSA) is 3.24 Å². The Hall–Kier alpha value is -3.32. The van der Waals surface area contributed by atoms with Crippen molar-refractivity contribution in [3.63, 3.8) is 0 Å². The predicted octanol–water partition coefficient (Wildman–Crippen LogP) is 11.3. The van der Waals surface area contributed by atoms with Gasteiger partial charge in [0.25, 0.3) is 0 Å². The van der Waals surface area contributed by atoms with Crippen LogP contribution in [0.1, 0.15) is 127 Å². The van der Waals surface area contributed by atoms with Crippen molar-refractivity contribution in [1.29, 1.82) is 0 Å². The molecule has 8 bridgehead atoms. The molecule has 4 fully saturated rings. The Balaban J connectivity index is 0.995. The maximum Gasteiger partial charge on any atom is 0.0702 e. The summed E-state index contributed by atoms with van der Waals surface area (Å²) < 4.78 is 0. The summed E-state index contributed by atoms with van der Waals surface area (Å²) in [6.07, 6.45) is 21.9. The van der Waals surface area contributed by atoms with E-state index in [1.165, 1.54) is 103 Å². The van der Waals surface area contributed by atoms with E-state index in [2.05, 4.69) is 71.7 Å². The maximum atomic E-state index is 2.77. The fourth-order valence-electron chi connectivity index (χ4n) is 13.7. The van der Waals surface area contributed by atoms with Gasteiger partial charge in [-0.1, -0.05) is 42.5 Å². The summed E-state index contributed by atoms with van der Waals surface area (Å²) >= 11 is 0. The highest BCUT2D eigenvalue weighted by Crippen LogP contribution is 2.62. The van der Waals surface area contributed by atoms with Gasteiger partial charge in [-0.15, -0.1) is 0 Å². The van der Waals surface area contributed by atoms with Crippen LogP contribution >= 0.6 is 0 Å². The molecule has 6 unspecified atom stereocenters. The number of rotatable bonds is 0. The van der Waals surface area contributed by atoms with Gasteiger partial charge in [-0.2, -0.15) is 0 Å². The summed E-state index contributed by atoms with van der Waals surface area (Å²) in [6.45, 7) is 0. The van der Waals surface area contributed by atoms with Gasteiger partial charge in [-0.3, -0.25) is 0 Å². The van der Waals surface area contributed by atoms with Crippen LogP contribution in [0.25, 0.3) is 27.1 Å². The Labute approximate surface area is 266 Å². The monoisotopic (exact) mass is 583 g/mol. The average molecular weight is 584 g/mol. The van der Waals surface area contributed by atoms with Gasteiger partial charge in [0, 0.05) is 17.2 Å². The van der Waals surface area contributed by atoms with Crippen LogP contribution in [-0.4, -0.2) is 6.04 Å². The Morgan fingerprint density at radius 1 is 0.444 bits per heavy atom. The van der Waals surface area contributed by atoms with Gasteiger partial charge in [-0.25, -0.2) is 0 Å². The van der Waals surface area contributed by atoms with Crippen LogP contribution in [0.4, 0.5) is 11.4 Å². The highest BCUT2D eigenvalue weighted by atomic mass is 15.2. The molecule has 0 N–H and O–H groups in total. The van der Waals surface area contributed by atoms with Crippen LogP contribution in [0.15, 0.2) is 66.8 Å². The lowest BCUT2D eigenvalue weighted by atomic mass is 9.67. The Morgan fingerprint density at radius 3 is 1.42 bits per heavy atom. The summed E-state index contributed by atoms with van der Waals surface area (Å²) in [5.74, 6) is 7.54. The molecule has 0 aromatic heterocycles. The van der Waals surface area contributed by atoms with Gasteiger partial charge in [0.1, 0.15) is 0 Å². The van der Waals surface area contributed by atoms with E-state index in [9.17, 15) is 0 Å². The van der Waals surface area contributed by atoms with E-state index >= 15 is 0 Å². The van der Waals surface area contributed by atoms with E-state index in [0.717, 1.165) is 47.3 Å². The first-order chi connectivity index (χ1) is 22.2. The molecule has 45 heavy (non-hydrogen) atoms. The maximum absolute atomic E-state index is 2.77. The van der Waals surface area contributed by atoms with Gasteiger partial charge in [0.2, 0.25) is 0 Å². The highest BCUT2D eigenvalue weighted by Gasteiger charge is 2.48. The molecule has 6 atom stereocenters. The second-order valence-corrected chi connectivity index (χ2v) is 17.4. The SMILES string of the molecule is C1=CC2c3cc4cc5c(cc4cc3N3c4cc6cc7c(cc6cc4C(=C1)C23)C1CC2CC(C1)CC7C2)C1CC2CC(CC5C2)C1. The van der Waals surface area contributed by atoms with E-state index in [0.29, 0.717) is 12.0 Å². The lowest BCUT2D eigenvalue weighted by molar-refractivity contribution is 0.165. The van der Waals surface area contributed by atoms with Gasteiger partial charge in [0.05, 0.1) is 11.7 Å². The molecule has 0 amide bonds. The lowest BCUT2D eigenvalue weighted by Crippen LogP contribution is -2.26. The first kappa shape index (κ1) is 23.9. The van der Waals surface area contributed by atoms with Crippen molar-refractivity contribution in [3.8, 4) is 0 Å². The number of benzene rings is 4. The van der Waals surface area contributed by atoms with Crippen molar-refractivity contribution in [2.45, 2.75) is 99.8 Å². The highest BCUT2D eigenvalue weighted by molar-refractivity contribution is 6.05. The van der Waals surface area contributed by atoms with E-state index in [4.69, 9.17) is 0 Å². The van der Waals surface area contributed by atoms with E-state index in [-0.39, 0.29) is 0 Å². The molecule has 4 aromatic carbocycles. The number of hydrogen-bond donors (Lipinski definition) is 0. The lowest BCUT2D eigenvalue weighted by Gasteiger charge is -2.38. The van der Waals surface area contributed by atoms with Crippen LogP contribution in [-0.2, 0) is 0 Å². The minimum absolute atomic E-state index is 0.405.